The van der Waals surface area contributed by atoms with Gasteiger partial charge in [-0.3, -0.25) is 13.9 Å². The first-order valence-electron chi connectivity index (χ1n) is 6.69. The molecule has 1 aliphatic heterocycles. The summed E-state index contributed by atoms with van der Waals surface area (Å²) in [6.45, 7) is -1.29. The van der Waals surface area contributed by atoms with E-state index in [-0.39, 0.29) is 17.7 Å². The van der Waals surface area contributed by atoms with E-state index in [1.54, 1.807) is 0 Å². The molecule has 0 saturated carbocycles. The van der Waals surface area contributed by atoms with Crippen LogP contribution in [0.25, 0.3) is 11.2 Å². The minimum absolute atomic E-state index is 0.00804. The Bertz CT molecular complexity index is 732. The molecule has 9 nitrogen and oxygen atoms in total. The van der Waals surface area contributed by atoms with Crippen LogP contribution in [0.3, 0.4) is 0 Å². The molecule has 0 amide bonds. The number of rotatable bonds is 4. The van der Waals surface area contributed by atoms with Crippen LogP contribution in [0.1, 0.15) is 6.23 Å². The third-order valence-corrected chi connectivity index (χ3v) is 3.67. The average molecular weight is 314 g/mol. The SMILES string of the molecule is O=c1c2ncn([C@@H]3O[C@H](CO)[C@@H](O)[C@H]3O)c2ncn1CCF. The van der Waals surface area contributed by atoms with Gasteiger partial charge in [-0.1, -0.05) is 0 Å². The van der Waals surface area contributed by atoms with Crippen LogP contribution in [0.4, 0.5) is 4.39 Å². The van der Waals surface area contributed by atoms with Gasteiger partial charge in [0.1, 0.15) is 31.3 Å². The molecule has 3 heterocycles. The zero-order chi connectivity index (χ0) is 15.9. The lowest BCUT2D eigenvalue weighted by molar-refractivity contribution is -0.0511. The van der Waals surface area contributed by atoms with Gasteiger partial charge in [-0.15, -0.1) is 0 Å². The van der Waals surface area contributed by atoms with Crippen molar-refractivity contribution in [2.75, 3.05) is 13.3 Å². The lowest BCUT2D eigenvalue weighted by atomic mass is 10.1. The number of aliphatic hydroxyl groups is 3. The van der Waals surface area contributed by atoms with E-state index in [0.29, 0.717) is 0 Å². The Morgan fingerprint density at radius 2 is 2.05 bits per heavy atom. The number of nitrogens with zero attached hydrogens (tertiary/aromatic N) is 4. The number of ether oxygens (including phenoxy) is 1. The predicted molar refractivity (Wildman–Crippen MR) is 70.8 cm³/mol. The highest BCUT2D eigenvalue weighted by molar-refractivity contribution is 5.69. The Hall–Kier alpha value is -1.88. The quantitative estimate of drug-likeness (QED) is 0.607. The maximum absolute atomic E-state index is 12.4. The molecule has 4 atom stereocenters. The summed E-state index contributed by atoms with van der Waals surface area (Å²) >= 11 is 0. The maximum Gasteiger partial charge on any atom is 0.281 e. The molecule has 10 heteroatoms. The van der Waals surface area contributed by atoms with Gasteiger partial charge in [0.2, 0.25) is 0 Å². The fourth-order valence-corrected chi connectivity index (χ4v) is 2.49. The highest BCUT2D eigenvalue weighted by Gasteiger charge is 2.44. The number of hydrogen-bond donors (Lipinski definition) is 3. The second-order valence-corrected chi connectivity index (χ2v) is 4.99. The molecule has 2 aromatic heterocycles. The second kappa shape index (κ2) is 5.72. The van der Waals surface area contributed by atoms with Crippen molar-refractivity contribution in [2.45, 2.75) is 31.1 Å². The molecule has 0 aromatic carbocycles. The average Bonchev–Trinajstić information content (AvgIpc) is 3.05. The van der Waals surface area contributed by atoms with Gasteiger partial charge in [0.25, 0.3) is 5.56 Å². The summed E-state index contributed by atoms with van der Waals surface area (Å²) in [6, 6.07) is 0. The molecule has 120 valence electrons. The molecule has 1 fully saturated rings. The Morgan fingerprint density at radius 3 is 2.68 bits per heavy atom. The minimum Gasteiger partial charge on any atom is -0.394 e. The molecule has 2 aromatic rings. The number of hydrogen-bond acceptors (Lipinski definition) is 7. The van der Waals surface area contributed by atoms with Crippen molar-refractivity contribution >= 4 is 11.2 Å². The summed E-state index contributed by atoms with van der Waals surface area (Å²) in [5, 5.41) is 28.9. The van der Waals surface area contributed by atoms with Gasteiger partial charge in [0.05, 0.1) is 19.5 Å². The van der Waals surface area contributed by atoms with Crippen LogP contribution >= 0.6 is 0 Å². The van der Waals surface area contributed by atoms with Gasteiger partial charge < -0.3 is 20.1 Å². The number of halogens is 1. The van der Waals surface area contributed by atoms with Crippen molar-refractivity contribution < 1.29 is 24.4 Å². The molecule has 22 heavy (non-hydrogen) atoms. The van der Waals surface area contributed by atoms with E-state index >= 15 is 0 Å². The normalized spacial score (nSPS) is 28.5. The van der Waals surface area contributed by atoms with E-state index in [9.17, 15) is 19.4 Å². The largest absolute Gasteiger partial charge is 0.394 e. The molecule has 0 radical (unpaired) electrons. The standard InChI is InChI=1S/C12H15FN4O5/c13-1-2-16-4-15-10-7(11(16)21)14-5-17(10)12-9(20)8(19)6(3-18)22-12/h4-6,8-9,12,18-20H,1-3H2/t6-,8-,9-,12-/m1/s1. The van der Waals surface area contributed by atoms with Crippen LogP contribution in [0.15, 0.2) is 17.4 Å². The summed E-state index contributed by atoms with van der Waals surface area (Å²) in [5.41, 5.74) is -0.350. The molecule has 0 aliphatic carbocycles. The van der Waals surface area contributed by atoms with E-state index in [2.05, 4.69) is 9.97 Å². The van der Waals surface area contributed by atoms with Crippen LogP contribution in [-0.4, -0.2) is 66.0 Å². The van der Waals surface area contributed by atoms with E-state index < -0.39 is 43.4 Å². The van der Waals surface area contributed by atoms with Gasteiger partial charge in [0, 0.05) is 0 Å². The summed E-state index contributed by atoms with van der Waals surface area (Å²) < 4.78 is 20.1. The molecule has 3 N–H and O–H groups in total. The number of aryl methyl sites for hydroxylation is 1. The number of aliphatic hydroxyl groups excluding tert-OH is 3. The number of alkyl halides is 1. The van der Waals surface area contributed by atoms with Crippen molar-refractivity contribution in [1.82, 2.24) is 19.1 Å². The summed E-state index contributed by atoms with van der Waals surface area (Å²) in [7, 11) is 0. The van der Waals surface area contributed by atoms with Gasteiger partial charge in [-0.25, -0.2) is 14.4 Å². The van der Waals surface area contributed by atoms with Gasteiger partial charge in [-0.2, -0.15) is 0 Å². The van der Waals surface area contributed by atoms with Crippen molar-refractivity contribution in [2.24, 2.45) is 0 Å². The molecule has 3 rings (SSSR count). The lowest BCUT2D eigenvalue weighted by Gasteiger charge is -2.16. The molecule has 1 saturated heterocycles. The minimum atomic E-state index is -1.30. The van der Waals surface area contributed by atoms with Crippen molar-refractivity contribution in [3.8, 4) is 0 Å². The first kappa shape index (κ1) is 15.0. The number of imidazole rings is 1. The highest BCUT2D eigenvalue weighted by Crippen LogP contribution is 2.30. The van der Waals surface area contributed by atoms with E-state index in [0.717, 1.165) is 4.57 Å². The molecule has 0 spiro atoms. The van der Waals surface area contributed by atoms with Crippen LogP contribution < -0.4 is 5.56 Å². The highest BCUT2D eigenvalue weighted by atomic mass is 19.1. The fourth-order valence-electron chi connectivity index (χ4n) is 2.49. The molecular formula is C12H15FN4O5. The first-order chi connectivity index (χ1) is 10.6. The van der Waals surface area contributed by atoms with Crippen molar-refractivity contribution in [3.05, 3.63) is 23.0 Å². The smallest absolute Gasteiger partial charge is 0.281 e. The van der Waals surface area contributed by atoms with Gasteiger partial charge >= 0.3 is 0 Å². The van der Waals surface area contributed by atoms with Crippen LogP contribution in [0.5, 0.6) is 0 Å². The van der Waals surface area contributed by atoms with E-state index in [1.807, 2.05) is 0 Å². The number of fused-ring (bicyclic) bond motifs is 1. The Morgan fingerprint density at radius 1 is 1.27 bits per heavy atom. The van der Waals surface area contributed by atoms with Gasteiger partial charge in [0.15, 0.2) is 17.4 Å². The Balaban J connectivity index is 2.03. The topological polar surface area (TPSA) is 123 Å². The lowest BCUT2D eigenvalue weighted by Crippen LogP contribution is -2.33. The predicted octanol–water partition coefficient (Wildman–Crippen LogP) is -1.83. The van der Waals surface area contributed by atoms with E-state index in [1.165, 1.54) is 17.2 Å². The fraction of sp³-hybridized carbons (Fsp3) is 0.583. The third-order valence-electron chi connectivity index (χ3n) is 3.67. The van der Waals surface area contributed by atoms with Crippen LogP contribution in [0, 0.1) is 0 Å². The molecule has 1 aliphatic rings. The zero-order valence-corrected chi connectivity index (χ0v) is 11.4. The van der Waals surface area contributed by atoms with Gasteiger partial charge in [-0.05, 0) is 0 Å². The summed E-state index contributed by atoms with van der Waals surface area (Å²) in [4.78, 5) is 20.1. The van der Waals surface area contributed by atoms with Crippen molar-refractivity contribution in [3.63, 3.8) is 0 Å². The van der Waals surface area contributed by atoms with Crippen LogP contribution in [-0.2, 0) is 11.3 Å². The molecule has 0 bridgehead atoms. The molecule has 0 unspecified atom stereocenters. The summed E-state index contributed by atoms with van der Waals surface area (Å²) in [6.07, 6.45) is -2.10. The number of aromatic nitrogens is 4. The summed E-state index contributed by atoms with van der Waals surface area (Å²) in [5.74, 6) is 0. The van der Waals surface area contributed by atoms with Crippen LogP contribution in [0.2, 0.25) is 0 Å². The third kappa shape index (κ3) is 2.20. The van der Waals surface area contributed by atoms with E-state index in [4.69, 9.17) is 9.84 Å². The Kier molecular flexibility index (Phi) is 3.91. The monoisotopic (exact) mass is 314 g/mol. The molecular weight excluding hydrogens is 299 g/mol. The maximum atomic E-state index is 12.4. The Labute approximate surface area is 123 Å². The first-order valence-corrected chi connectivity index (χ1v) is 6.69. The van der Waals surface area contributed by atoms with Crippen molar-refractivity contribution in [1.29, 1.82) is 0 Å². The zero-order valence-electron chi connectivity index (χ0n) is 11.4. The second-order valence-electron chi connectivity index (χ2n) is 4.99.